The Bertz CT molecular complexity index is 720. The number of ether oxygens (including phenoxy) is 1. The number of aromatic nitrogens is 2. The SMILES string of the molecule is CCOC(=O)c1cc(C)nn(Cc2ccccc2C)c1=O. The first-order valence-corrected chi connectivity index (χ1v) is 6.83. The highest BCUT2D eigenvalue weighted by molar-refractivity contribution is 5.88. The summed E-state index contributed by atoms with van der Waals surface area (Å²) in [6, 6.07) is 9.23. The normalized spacial score (nSPS) is 10.4. The van der Waals surface area contributed by atoms with Crippen LogP contribution in [0.1, 0.15) is 34.1 Å². The van der Waals surface area contributed by atoms with Crippen LogP contribution in [0.4, 0.5) is 0 Å². The van der Waals surface area contributed by atoms with Gasteiger partial charge in [-0.3, -0.25) is 4.79 Å². The number of esters is 1. The first-order valence-electron chi connectivity index (χ1n) is 6.83. The Kier molecular flexibility index (Phi) is 4.52. The number of benzene rings is 1. The molecule has 0 bridgehead atoms. The van der Waals surface area contributed by atoms with Gasteiger partial charge in [-0.05, 0) is 38.0 Å². The molecule has 5 heteroatoms. The fourth-order valence-corrected chi connectivity index (χ4v) is 2.09. The van der Waals surface area contributed by atoms with Crippen LogP contribution in [0.2, 0.25) is 0 Å². The lowest BCUT2D eigenvalue weighted by molar-refractivity contribution is 0.0523. The second kappa shape index (κ2) is 6.35. The van der Waals surface area contributed by atoms with Crippen molar-refractivity contribution in [3.8, 4) is 0 Å². The quantitative estimate of drug-likeness (QED) is 0.807. The van der Waals surface area contributed by atoms with Gasteiger partial charge in [0, 0.05) is 0 Å². The van der Waals surface area contributed by atoms with E-state index in [1.54, 1.807) is 13.8 Å². The van der Waals surface area contributed by atoms with Crippen LogP contribution in [0.3, 0.4) is 0 Å². The first-order chi connectivity index (χ1) is 10.0. The molecule has 0 fully saturated rings. The number of carbonyl (C=O) groups excluding carboxylic acids is 1. The number of carbonyl (C=O) groups is 1. The Morgan fingerprint density at radius 1 is 1.29 bits per heavy atom. The molecule has 2 rings (SSSR count). The molecule has 2 aromatic rings. The molecule has 0 radical (unpaired) electrons. The van der Waals surface area contributed by atoms with Crippen LogP contribution in [0.5, 0.6) is 0 Å². The van der Waals surface area contributed by atoms with E-state index in [0.717, 1.165) is 11.1 Å². The highest BCUT2D eigenvalue weighted by atomic mass is 16.5. The molecule has 1 aromatic carbocycles. The summed E-state index contributed by atoms with van der Waals surface area (Å²) >= 11 is 0. The number of rotatable bonds is 4. The van der Waals surface area contributed by atoms with E-state index in [1.807, 2.05) is 31.2 Å². The molecule has 21 heavy (non-hydrogen) atoms. The third kappa shape index (κ3) is 3.37. The molecular formula is C16H18N2O3. The van der Waals surface area contributed by atoms with Crippen molar-refractivity contribution in [3.63, 3.8) is 0 Å². The van der Waals surface area contributed by atoms with E-state index in [2.05, 4.69) is 5.10 Å². The van der Waals surface area contributed by atoms with Crippen LogP contribution >= 0.6 is 0 Å². The van der Waals surface area contributed by atoms with Gasteiger partial charge in [0.15, 0.2) is 0 Å². The first kappa shape index (κ1) is 15.0. The minimum Gasteiger partial charge on any atom is -0.462 e. The van der Waals surface area contributed by atoms with E-state index >= 15 is 0 Å². The number of nitrogens with zero attached hydrogens (tertiary/aromatic N) is 2. The molecule has 0 aliphatic rings. The van der Waals surface area contributed by atoms with Gasteiger partial charge in [0.2, 0.25) is 0 Å². The smallest absolute Gasteiger partial charge is 0.343 e. The predicted octanol–water partition coefficient (Wildman–Crippen LogP) is 2.09. The third-order valence-corrected chi connectivity index (χ3v) is 3.17. The van der Waals surface area contributed by atoms with Crippen molar-refractivity contribution in [1.82, 2.24) is 9.78 Å². The van der Waals surface area contributed by atoms with Gasteiger partial charge in [-0.1, -0.05) is 24.3 Å². The topological polar surface area (TPSA) is 61.2 Å². The van der Waals surface area contributed by atoms with Crippen molar-refractivity contribution in [2.24, 2.45) is 0 Å². The number of aryl methyl sites for hydroxylation is 2. The van der Waals surface area contributed by atoms with Crippen LogP contribution in [0.25, 0.3) is 0 Å². The maximum absolute atomic E-state index is 12.4. The maximum Gasteiger partial charge on any atom is 0.343 e. The summed E-state index contributed by atoms with van der Waals surface area (Å²) in [5, 5.41) is 4.21. The third-order valence-electron chi connectivity index (χ3n) is 3.17. The molecule has 0 aliphatic carbocycles. The lowest BCUT2D eigenvalue weighted by Gasteiger charge is -2.10. The van der Waals surface area contributed by atoms with E-state index in [1.165, 1.54) is 10.7 Å². The minimum absolute atomic E-state index is 0.0259. The fraction of sp³-hybridized carbons (Fsp3) is 0.312. The van der Waals surface area contributed by atoms with Gasteiger partial charge < -0.3 is 4.74 Å². The van der Waals surface area contributed by atoms with E-state index < -0.39 is 11.5 Å². The molecular weight excluding hydrogens is 268 g/mol. The number of hydrogen-bond donors (Lipinski definition) is 0. The summed E-state index contributed by atoms with van der Waals surface area (Å²) in [5.41, 5.74) is 2.27. The molecule has 0 saturated carbocycles. The van der Waals surface area contributed by atoms with Crippen LogP contribution in [-0.2, 0) is 11.3 Å². The Hall–Kier alpha value is -2.43. The van der Waals surface area contributed by atoms with Gasteiger partial charge in [-0.15, -0.1) is 0 Å². The average molecular weight is 286 g/mol. The van der Waals surface area contributed by atoms with Gasteiger partial charge >= 0.3 is 5.97 Å². The van der Waals surface area contributed by atoms with Crippen LogP contribution < -0.4 is 5.56 Å². The molecule has 0 spiro atoms. The van der Waals surface area contributed by atoms with Gasteiger partial charge in [0.25, 0.3) is 5.56 Å². The minimum atomic E-state index is -0.605. The summed E-state index contributed by atoms with van der Waals surface area (Å²) in [7, 11) is 0. The van der Waals surface area contributed by atoms with Crippen LogP contribution in [-0.4, -0.2) is 22.4 Å². The van der Waals surface area contributed by atoms with Gasteiger partial charge in [-0.2, -0.15) is 5.10 Å². The summed E-state index contributed by atoms with van der Waals surface area (Å²) in [6.45, 7) is 5.99. The van der Waals surface area contributed by atoms with Crippen molar-refractivity contribution in [1.29, 1.82) is 0 Å². The molecule has 0 N–H and O–H groups in total. The molecule has 5 nitrogen and oxygen atoms in total. The Morgan fingerprint density at radius 2 is 2.00 bits per heavy atom. The van der Waals surface area contributed by atoms with Gasteiger partial charge in [0.05, 0.1) is 18.8 Å². The lowest BCUT2D eigenvalue weighted by atomic mass is 10.1. The zero-order valence-corrected chi connectivity index (χ0v) is 12.4. The van der Waals surface area contributed by atoms with Crippen molar-refractivity contribution in [2.75, 3.05) is 6.61 Å². The summed E-state index contributed by atoms with van der Waals surface area (Å²) < 4.78 is 6.22. The Balaban J connectivity index is 2.43. The van der Waals surface area contributed by atoms with E-state index in [9.17, 15) is 9.59 Å². The standard InChI is InChI=1S/C16H18N2O3/c1-4-21-16(20)14-9-12(3)17-18(15(14)19)10-13-8-6-5-7-11(13)2/h5-9H,4,10H2,1-3H3. The second-order valence-corrected chi connectivity index (χ2v) is 4.81. The molecule has 0 aliphatic heterocycles. The zero-order valence-electron chi connectivity index (χ0n) is 12.4. The number of hydrogen-bond acceptors (Lipinski definition) is 4. The Morgan fingerprint density at radius 3 is 2.67 bits per heavy atom. The van der Waals surface area contributed by atoms with E-state index in [4.69, 9.17) is 4.74 Å². The predicted molar refractivity (Wildman–Crippen MR) is 79.5 cm³/mol. The molecule has 110 valence electrons. The van der Waals surface area contributed by atoms with E-state index in [-0.39, 0.29) is 12.2 Å². The maximum atomic E-state index is 12.4. The van der Waals surface area contributed by atoms with Crippen molar-refractivity contribution >= 4 is 5.97 Å². The summed E-state index contributed by atoms with van der Waals surface area (Å²) in [5.74, 6) is -0.605. The Labute approximate surface area is 123 Å². The summed E-state index contributed by atoms with van der Waals surface area (Å²) in [6.07, 6.45) is 0. The molecule has 1 aromatic heterocycles. The van der Waals surface area contributed by atoms with Gasteiger partial charge in [0.1, 0.15) is 5.56 Å². The molecule has 0 atom stereocenters. The van der Waals surface area contributed by atoms with Crippen LogP contribution in [0, 0.1) is 13.8 Å². The van der Waals surface area contributed by atoms with E-state index in [0.29, 0.717) is 12.2 Å². The molecule has 0 amide bonds. The highest BCUT2D eigenvalue weighted by Crippen LogP contribution is 2.08. The van der Waals surface area contributed by atoms with Crippen LogP contribution in [0.15, 0.2) is 35.1 Å². The highest BCUT2D eigenvalue weighted by Gasteiger charge is 2.15. The lowest BCUT2D eigenvalue weighted by Crippen LogP contribution is -2.30. The van der Waals surface area contributed by atoms with Crippen molar-refractivity contribution < 1.29 is 9.53 Å². The summed E-state index contributed by atoms with van der Waals surface area (Å²) in [4.78, 5) is 24.2. The van der Waals surface area contributed by atoms with Crippen molar-refractivity contribution in [2.45, 2.75) is 27.3 Å². The second-order valence-electron chi connectivity index (χ2n) is 4.81. The largest absolute Gasteiger partial charge is 0.462 e. The monoisotopic (exact) mass is 286 g/mol. The van der Waals surface area contributed by atoms with Crippen molar-refractivity contribution in [3.05, 3.63) is 63.1 Å². The van der Waals surface area contributed by atoms with Gasteiger partial charge in [-0.25, -0.2) is 9.48 Å². The zero-order chi connectivity index (χ0) is 15.4. The molecule has 1 heterocycles. The average Bonchev–Trinajstić information content (AvgIpc) is 2.45. The molecule has 0 saturated heterocycles. The molecule has 0 unspecified atom stereocenters. The fourth-order valence-electron chi connectivity index (χ4n) is 2.09.